The minimum Gasteiger partial charge on any atom is -0.455 e. The summed E-state index contributed by atoms with van der Waals surface area (Å²) < 4.78 is 6.11. The first kappa shape index (κ1) is 11.2. The Kier molecular flexibility index (Phi) is 2.04. The van der Waals surface area contributed by atoms with E-state index in [4.69, 9.17) is 16.0 Å². The van der Waals surface area contributed by atoms with Gasteiger partial charge in [0.2, 0.25) is 0 Å². The first-order valence-corrected chi connectivity index (χ1v) is 7.21. The average molecular weight is 292 g/mol. The van der Waals surface area contributed by atoms with Crippen LogP contribution in [-0.2, 0) is 0 Å². The lowest BCUT2D eigenvalue weighted by atomic mass is 10.1. The van der Waals surface area contributed by atoms with E-state index < -0.39 is 0 Å². The van der Waals surface area contributed by atoms with Crippen LogP contribution in [0.25, 0.3) is 43.7 Å². The molecule has 0 spiro atoms. The molecule has 3 aromatic carbocycles. The molecule has 0 radical (unpaired) electrons. The third kappa shape index (κ3) is 1.38. The second kappa shape index (κ2) is 3.80. The fraction of sp³-hybridized carbons (Fsp3) is 0. The Balaban J connectivity index is 2.17. The SMILES string of the molecule is Clc1cc2[nH]c3ccccc3c2c2oc3ccccc3c12. The van der Waals surface area contributed by atoms with Crippen LogP contribution in [0.4, 0.5) is 0 Å². The van der Waals surface area contributed by atoms with Crippen LogP contribution in [0.3, 0.4) is 0 Å². The fourth-order valence-corrected chi connectivity index (χ4v) is 3.47. The highest BCUT2D eigenvalue weighted by atomic mass is 35.5. The van der Waals surface area contributed by atoms with Crippen molar-refractivity contribution >= 4 is 55.3 Å². The van der Waals surface area contributed by atoms with E-state index in [9.17, 15) is 0 Å². The molecule has 0 atom stereocenters. The van der Waals surface area contributed by atoms with Crippen LogP contribution in [0.1, 0.15) is 0 Å². The normalized spacial score (nSPS) is 12.0. The van der Waals surface area contributed by atoms with E-state index in [1.54, 1.807) is 0 Å². The second-order valence-corrected chi connectivity index (χ2v) is 5.66. The smallest absolute Gasteiger partial charge is 0.146 e. The van der Waals surface area contributed by atoms with Crippen molar-refractivity contribution in [3.63, 3.8) is 0 Å². The van der Waals surface area contributed by atoms with Gasteiger partial charge in [-0.25, -0.2) is 0 Å². The van der Waals surface area contributed by atoms with Crippen molar-refractivity contribution in [1.29, 1.82) is 0 Å². The molecule has 0 amide bonds. The molecule has 1 N–H and O–H groups in total. The summed E-state index contributed by atoms with van der Waals surface area (Å²) in [7, 11) is 0. The lowest BCUT2D eigenvalue weighted by Gasteiger charge is -1.97. The van der Waals surface area contributed by atoms with E-state index in [0.717, 1.165) is 43.7 Å². The Labute approximate surface area is 124 Å². The van der Waals surface area contributed by atoms with Crippen molar-refractivity contribution in [3.05, 3.63) is 59.6 Å². The number of rotatable bonds is 0. The third-order valence-electron chi connectivity index (χ3n) is 4.07. The summed E-state index contributed by atoms with van der Waals surface area (Å²) in [6.07, 6.45) is 0. The fourth-order valence-electron chi connectivity index (χ4n) is 3.17. The largest absolute Gasteiger partial charge is 0.455 e. The van der Waals surface area contributed by atoms with Gasteiger partial charge in [-0.05, 0) is 18.2 Å². The molecule has 0 unspecified atom stereocenters. The van der Waals surface area contributed by atoms with Crippen LogP contribution in [-0.4, -0.2) is 4.98 Å². The summed E-state index contributed by atoms with van der Waals surface area (Å²) in [6.45, 7) is 0. The number of hydrogen-bond acceptors (Lipinski definition) is 1. The zero-order valence-corrected chi connectivity index (χ0v) is 11.7. The summed E-state index contributed by atoms with van der Waals surface area (Å²) in [5.74, 6) is 0. The summed E-state index contributed by atoms with van der Waals surface area (Å²) >= 11 is 6.50. The highest BCUT2D eigenvalue weighted by Crippen LogP contribution is 2.41. The van der Waals surface area contributed by atoms with Gasteiger partial charge in [0.15, 0.2) is 0 Å². The van der Waals surface area contributed by atoms with Gasteiger partial charge in [0.05, 0.1) is 15.9 Å². The van der Waals surface area contributed by atoms with Gasteiger partial charge in [0, 0.05) is 21.7 Å². The quantitative estimate of drug-likeness (QED) is 0.379. The van der Waals surface area contributed by atoms with Crippen LogP contribution in [0.5, 0.6) is 0 Å². The van der Waals surface area contributed by atoms with E-state index in [1.165, 1.54) is 0 Å². The Hall–Kier alpha value is -2.45. The molecular weight excluding hydrogens is 282 g/mol. The molecule has 2 nitrogen and oxygen atoms in total. The number of fused-ring (bicyclic) bond motifs is 7. The number of para-hydroxylation sites is 2. The number of benzene rings is 3. The van der Waals surface area contributed by atoms with Crippen LogP contribution in [0, 0.1) is 0 Å². The summed E-state index contributed by atoms with van der Waals surface area (Å²) in [5, 5.41) is 5.03. The molecule has 0 saturated heterocycles. The first-order valence-electron chi connectivity index (χ1n) is 6.83. The van der Waals surface area contributed by atoms with Gasteiger partial charge in [-0.2, -0.15) is 0 Å². The average Bonchev–Trinajstić information content (AvgIpc) is 3.04. The molecule has 0 fully saturated rings. The van der Waals surface area contributed by atoms with Gasteiger partial charge in [-0.15, -0.1) is 0 Å². The number of aromatic nitrogens is 1. The number of furan rings is 1. The standard InChI is InChI=1S/C18H10ClNO/c19-12-9-14-17(10-5-1-3-7-13(10)20-14)18-16(12)11-6-2-4-8-15(11)21-18/h1-9,20H. The van der Waals surface area contributed by atoms with Crippen LogP contribution < -0.4 is 0 Å². The van der Waals surface area contributed by atoms with Gasteiger partial charge in [0.25, 0.3) is 0 Å². The molecule has 5 rings (SSSR count). The maximum absolute atomic E-state index is 6.50. The number of aromatic amines is 1. The zero-order chi connectivity index (χ0) is 14.0. The van der Waals surface area contributed by atoms with Crippen molar-refractivity contribution in [1.82, 2.24) is 4.98 Å². The molecule has 100 valence electrons. The zero-order valence-electron chi connectivity index (χ0n) is 11.0. The molecule has 5 aromatic rings. The molecule has 0 bridgehead atoms. The van der Waals surface area contributed by atoms with Crippen LogP contribution in [0.15, 0.2) is 59.0 Å². The lowest BCUT2D eigenvalue weighted by Crippen LogP contribution is -1.73. The molecule has 3 heteroatoms. The van der Waals surface area contributed by atoms with E-state index in [-0.39, 0.29) is 0 Å². The Morgan fingerprint density at radius 1 is 0.810 bits per heavy atom. The van der Waals surface area contributed by atoms with Crippen molar-refractivity contribution in [2.45, 2.75) is 0 Å². The summed E-state index contributed by atoms with van der Waals surface area (Å²) in [6, 6.07) is 18.2. The van der Waals surface area contributed by atoms with E-state index in [1.807, 2.05) is 42.5 Å². The highest BCUT2D eigenvalue weighted by Gasteiger charge is 2.16. The molecular formula is C18H10ClNO. The topological polar surface area (TPSA) is 28.9 Å². The van der Waals surface area contributed by atoms with E-state index >= 15 is 0 Å². The maximum Gasteiger partial charge on any atom is 0.146 e. The van der Waals surface area contributed by atoms with Gasteiger partial charge in [-0.3, -0.25) is 0 Å². The minimum absolute atomic E-state index is 0.717. The summed E-state index contributed by atoms with van der Waals surface area (Å²) in [5.41, 5.74) is 3.83. The summed E-state index contributed by atoms with van der Waals surface area (Å²) in [4.78, 5) is 3.41. The van der Waals surface area contributed by atoms with Gasteiger partial charge in [-0.1, -0.05) is 48.0 Å². The van der Waals surface area contributed by atoms with Crippen molar-refractivity contribution in [2.75, 3.05) is 0 Å². The van der Waals surface area contributed by atoms with E-state index in [0.29, 0.717) is 5.02 Å². The Bertz CT molecular complexity index is 1150. The van der Waals surface area contributed by atoms with Crippen molar-refractivity contribution in [3.8, 4) is 0 Å². The predicted octanol–water partition coefficient (Wildman–Crippen LogP) is 5.87. The molecule has 0 saturated carbocycles. The molecule has 0 aliphatic rings. The number of H-pyrrole nitrogens is 1. The molecule has 21 heavy (non-hydrogen) atoms. The second-order valence-electron chi connectivity index (χ2n) is 5.25. The van der Waals surface area contributed by atoms with Crippen molar-refractivity contribution < 1.29 is 4.42 Å². The predicted molar refractivity (Wildman–Crippen MR) is 88.1 cm³/mol. The molecule has 0 aliphatic heterocycles. The minimum atomic E-state index is 0.717. The van der Waals surface area contributed by atoms with Crippen LogP contribution in [0.2, 0.25) is 5.02 Å². The third-order valence-corrected chi connectivity index (χ3v) is 4.37. The van der Waals surface area contributed by atoms with Crippen molar-refractivity contribution in [2.24, 2.45) is 0 Å². The molecule has 0 aliphatic carbocycles. The number of hydrogen-bond donors (Lipinski definition) is 1. The van der Waals surface area contributed by atoms with Gasteiger partial charge < -0.3 is 9.40 Å². The van der Waals surface area contributed by atoms with E-state index in [2.05, 4.69) is 17.1 Å². The molecule has 2 heterocycles. The monoisotopic (exact) mass is 291 g/mol. The highest BCUT2D eigenvalue weighted by molar-refractivity contribution is 6.40. The van der Waals surface area contributed by atoms with Gasteiger partial charge >= 0.3 is 0 Å². The Morgan fingerprint density at radius 2 is 1.57 bits per heavy atom. The maximum atomic E-state index is 6.50. The number of halogens is 1. The van der Waals surface area contributed by atoms with Gasteiger partial charge in [0.1, 0.15) is 11.2 Å². The Morgan fingerprint density at radius 3 is 2.48 bits per heavy atom. The first-order chi connectivity index (χ1) is 10.3. The number of nitrogens with one attached hydrogen (secondary N) is 1. The molecule has 2 aromatic heterocycles. The van der Waals surface area contributed by atoms with Crippen LogP contribution >= 0.6 is 11.6 Å². The lowest BCUT2D eigenvalue weighted by molar-refractivity contribution is 0.673.